The van der Waals surface area contributed by atoms with Crippen LogP contribution in [0.4, 0.5) is 0 Å². The topological polar surface area (TPSA) is 128 Å². The fourth-order valence-electron chi connectivity index (χ4n) is 4.48. The number of allylic oxidation sites excluding steroid dienone is 2. The van der Waals surface area contributed by atoms with Gasteiger partial charge in [-0.05, 0) is 77.4 Å². The van der Waals surface area contributed by atoms with Crippen LogP contribution in [0.25, 0.3) is 10.4 Å². The number of fused-ring (bicyclic) bond motifs is 1. The van der Waals surface area contributed by atoms with E-state index in [0.29, 0.717) is 24.0 Å². The minimum absolute atomic E-state index is 0.0312. The van der Waals surface area contributed by atoms with Gasteiger partial charge in [0.1, 0.15) is 17.4 Å². The summed E-state index contributed by atoms with van der Waals surface area (Å²) in [5, 5.41) is 3.04. The number of carbonyl (C=O) groups is 3. The molecule has 0 bridgehead atoms. The van der Waals surface area contributed by atoms with Crippen molar-refractivity contribution in [3.05, 3.63) is 100.0 Å². The number of esters is 2. The molecule has 0 fully saturated rings. The van der Waals surface area contributed by atoms with Crippen molar-refractivity contribution in [3.63, 3.8) is 0 Å². The maximum atomic E-state index is 13.9. The average molecular weight is 604 g/mol. The van der Waals surface area contributed by atoms with Gasteiger partial charge in [-0.1, -0.05) is 76.3 Å². The van der Waals surface area contributed by atoms with Gasteiger partial charge in [-0.25, -0.2) is 9.59 Å². The summed E-state index contributed by atoms with van der Waals surface area (Å²) in [6.07, 6.45) is 7.68. The molecule has 0 radical (unpaired) electrons. The van der Waals surface area contributed by atoms with Crippen molar-refractivity contribution in [3.8, 4) is 5.75 Å². The Morgan fingerprint density at radius 2 is 1.84 bits per heavy atom. The van der Waals surface area contributed by atoms with Gasteiger partial charge in [-0.3, -0.25) is 4.79 Å². The Morgan fingerprint density at radius 3 is 2.51 bits per heavy atom. The van der Waals surface area contributed by atoms with Crippen molar-refractivity contribution in [2.45, 2.75) is 83.7 Å². The molecule has 2 aromatic carbocycles. The lowest BCUT2D eigenvalue weighted by atomic mass is 9.93. The molecule has 1 heterocycles. The minimum Gasteiger partial charge on any atom is -0.458 e. The van der Waals surface area contributed by atoms with E-state index < -0.39 is 32.3 Å². The molecular formula is C33H41N3O6Si. The lowest BCUT2D eigenvalue weighted by Gasteiger charge is -2.41. The van der Waals surface area contributed by atoms with E-state index in [1.165, 1.54) is 12.2 Å². The van der Waals surface area contributed by atoms with Crippen LogP contribution in [0.1, 0.15) is 73.2 Å². The quantitative estimate of drug-likeness (QED) is 0.0459. The fourth-order valence-corrected chi connectivity index (χ4v) is 5.92. The van der Waals surface area contributed by atoms with Crippen LogP contribution in [0.15, 0.2) is 77.9 Å². The van der Waals surface area contributed by atoms with E-state index >= 15 is 0 Å². The van der Waals surface area contributed by atoms with Gasteiger partial charge < -0.3 is 13.9 Å². The Kier molecular flexibility index (Phi) is 11.7. The number of cyclic esters (lactones) is 1. The lowest BCUT2D eigenvalue weighted by Crippen LogP contribution is -2.46. The second kappa shape index (κ2) is 15.0. The predicted molar refractivity (Wildman–Crippen MR) is 168 cm³/mol. The van der Waals surface area contributed by atoms with E-state index in [0.717, 1.165) is 6.42 Å². The molecule has 10 heteroatoms. The highest BCUT2D eigenvalue weighted by atomic mass is 28.4. The molecule has 1 unspecified atom stereocenters. The molecule has 9 nitrogen and oxygen atoms in total. The number of hydrogen-bond donors (Lipinski definition) is 0. The van der Waals surface area contributed by atoms with E-state index in [2.05, 4.69) is 56.9 Å². The first-order valence-corrected chi connectivity index (χ1v) is 17.4. The summed E-state index contributed by atoms with van der Waals surface area (Å²) in [6, 6.07) is 13.7. The van der Waals surface area contributed by atoms with Crippen LogP contribution in [0, 0.1) is 5.92 Å². The fraction of sp³-hybridized carbons (Fsp3) is 0.424. The summed E-state index contributed by atoms with van der Waals surface area (Å²) in [7, 11) is -2.20. The molecular weight excluding hydrogens is 562 g/mol. The highest BCUT2D eigenvalue weighted by molar-refractivity contribution is 6.74. The van der Waals surface area contributed by atoms with Gasteiger partial charge in [0.2, 0.25) is 5.91 Å². The highest BCUT2D eigenvalue weighted by Crippen LogP contribution is 2.39. The third-order valence-corrected chi connectivity index (χ3v) is 12.5. The van der Waals surface area contributed by atoms with Crippen LogP contribution in [0.2, 0.25) is 18.1 Å². The van der Waals surface area contributed by atoms with Gasteiger partial charge in [0.05, 0.1) is 11.7 Å². The van der Waals surface area contributed by atoms with E-state index in [-0.39, 0.29) is 34.8 Å². The SMILES string of the molecule is C[C@H]1CC=CCc2cccc(OC(=O)c3ccccc3)c2C(=O)OC(CC=CC(=O)N=[N+]=[N-])C[C@H]1O[Si](C)(C)C(C)(C)C. The number of ether oxygens (including phenoxy) is 2. The van der Waals surface area contributed by atoms with Gasteiger partial charge in [0.15, 0.2) is 8.32 Å². The predicted octanol–water partition coefficient (Wildman–Crippen LogP) is 8.13. The van der Waals surface area contributed by atoms with Gasteiger partial charge in [-0.2, -0.15) is 0 Å². The molecule has 0 saturated carbocycles. The van der Waals surface area contributed by atoms with E-state index in [1.807, 2.05) is 12.1 Å². The Balaban J connectivity index is 2.01. The van der Waals surface area contributed by atoms with Gasteiger partial charge in [0.25, 0.3) is 0 Å². The molecule has 1 aliphatic heterocycles. The zero-order valence-corrected chi connectivity index (χ0v) is 26.8. The number of rotatable bonds is 7. The first kappa shape index (κ1) is 33.5. The molecule has 0 saturated heterocycles. The van der Waals surface area contributed by atoms with Crippen LogP contribution in [0.5, 0.6) is 5.75 Å². The normalized spacial score (nSPS) is 19.8. The zero-order valence-electron chi connectivity index (χ0n) is 25.8. The van der Waals surface area contributed by atoms with Crippen LogP contribution in [0.3, 0.4) is 0 Å². The monoisotopic (exact) mass is 603 g/mol. The number of amides is 1. The van der Waals surface area contributed by atoms with Crippen molar-refractivity contribution in [1.82, 2.24) is 0 Å². The first-order chi connectivity index (χ1) is 20.3. The van der Waals surface area contributed by atoms with Crippen molar-refractivity contribution in [2.24, 2.45) is 11.0 Å². The largest absolute Gasteiger partial charge is 0.458 e. The molecule has 1 aliphatic rings. The molecule has 0 N–H and O–H groups in total. The summed E-state index contributed by atoms with van der Waals surface area (Å²) >= 11 is 0. The maximum Gasteiger partial charge on any atom is 0.343 e. The number of nitrogens with zero attached hydrogens (tertiary/aromatic N) is 3. The van der Waals surface area contributed by atoms with Crippen LogP contribution in [-0.2, 0) is 20.4 Å². The number of hydrogen-bond acceptors (Lipinski definition) is 6. The molecule has 0 spiro atoms. The number of carbonyl (C=O) groups excluding carboxylic acids is 3. The Labute approximate surface area is 254 Å². The molecule has 43 heavy (non-hydrogen) atoms. The highest BCUT2D eigenvalue weighted by Gasteiger charge is 2.41. The molecule has 3 rings (SSSR count). The molecule has 1 amide bonds. The Bertz CT molecular complexity index is 1410. The van der Waals surface area contributed by atoms with E-state index in [9.17, 15) is 14.4 Å². The maximum absolute atomic E-state index is 13.9. The summed E-state index contributed by atoms with van der Waals surface area (Å²) < 4.78 is 18.7. The second-order valence-electron chi connectivity index (χ2n) is 12.3. The molecule has 3 atom stereocenters. The van der Waals surface area contributed by atoms with Crippen LogP contribution in [-0.4, -0.2) is 38.4 Å². The number of benzene rings is 2. The molecule has 0 aromatic heterocycles. The van der Waals surface area contributed by atoms with Crippen molar-refractivity contribution < 1.29 is 28.3 Å². The first-order valence-electron chi connectivity index (χ1n) is 14.5. The summed E-state index contributed by atoms with van der Waals surface area (Å²) in [5.41, 5.74) is 9.76. The zero-order chi connectivity index (χ0) is 31.6. The average Bonchev–Trinajstić information content (AvgIpc) is 2.94. The van der Waals surface area contributed by atoms with Crippen LogP contribution < -0.4 is 4.74 Å². The van der Waals surface area contributed by atoms with Crippen molar-refractivity contribution in [1.29, 1.82) is 0 Å². The third-order valence-electron chi connectivity index (χ3n) is 8.00. The number of azide groups is 1. The Hall–Kier alpha value is -3.98. The van der Waals surface area contributed by atoms with Crippen molar-refractivity contribution >= 4 is 26.2 Å². The molecule has 0 aliphatic carbocycles. The molecule has 2 aromatic rings. The smallest absolute Gasteiger partial charge is 0.343 e. The second-order valence-corrected chi connectivity index (χ2v) is 17.0. The van der Waals surface area contributed by atoms with Gasteiger partial charge in [-0.15, -0.1) is 0 Å². The standard InChI is InChI=1S/C33H41N3O6Si/c1-23-14-10-11-15-24-18-12-20-27(41-31(38)25-16-8-7-9-17-25)30(24)32(39)40-26(19-13-21-29(37)35-36-34)22-28(23)42-43(5,6)33(2,3)4/h7-13,16-18,20-21,23,26,28H,14-15,19,22H2,1-6H3/t23-,26?,28+/m0/s1. The molecule has 228 valence electrons. The van der Waals surface area contributed by atoms with Gasteiger partial charge in [0, 0.05) is 17.8 Å². The summed E-state index contributed by atoms with van der Waals surface area (Å²) in [5.74, 6) is -1.74. The van der Waals surface area contributed by atoms with E-state index in [1.54, 1.807) is 42.5 Å². The van der Waals surface area contributed by atoms with E-state index in [4.69, 9.17) is 19.4 Å². The van der Waals surface area contributed by atoms with Gasteiger partial charge >= 0.3 is 11.9 Å². The minimum atomic E-state index is -2.20. The van der Waals surface area contributed by atoms with Crippen molar-refractivity contribution in [2.75, 3.05) is 0 Å². The summed E-state index contributed by atoms with van der Waals surface area (Å²) in [6.45, 7) is 13.0. The lowest BCUT2D eigenvalue weighted by molar-refractivity contribution is -0.113. The van der Waals surface area contributed by atoms with Crippen LogP contribution >= 0.6 is 0 Å². The Morgan fingerprint density at radius 1 is 1.12 bits per heavy atom. The summed E-state index contributed by atoms with van der Waals surface area (Å²) in [4.78, 5) is 41.1. The third kappa shape index (κ3) is 9.51.